The molecule has 8 heteroatoms. The van der Waals surface area contributed by atoms with E-state index >= 15 is 0 Å². The van der Waals surface area contributed by atoms with Crippen LogP contribution < -0.4 is 26.9 Å². The van der Waals surface area contributed by atoms with Crippen molar-refractivity contribution in [2.75, 3.05) is 36.0 Å². The number of para-hydroxylation sites is 1. The van der Waals surface area contributed by atoms with Gasteiger partial charge in [-0.3, -0.25) is 0 Å². The van der Waals surface area contributed by atoms with Crippen molar-refractivity contribution in [3.63, 3.8) is 0 Å². The number of thiazole rings is 1. The lowest BCUT2D eigenvalue weighted by Crippen LogP contribution is -2.47. The van der Waals surface area contributed by atoms with Crippen LogP contribution in [0.1, 0.15) is 25.0 Å². The van der Waals surface area contributed by atoms with Gasteiger partial charge in [0.1, 0.15) is 0 Å². The van der Waals surface area contributed by atoms with Crippen molar-refractivity contribution in [2.45, 2.75) is 20.3 Å². The maximum Gasteiger partial charge on any atom is 0.186 e. The zero-order chi connectivity index (χ0) is 21.1. The monoisotopic (exact) mass is 423 g/mol. The fourth-order valence-electron chi connectivity index (χ4n) is 3.92. The highest BCUT2D eigenvalue weighted by atomic mass is 32.1. The second-order valence-corrected chi connectivity index (χ2v) is 9.02. The van der Waals surface area contributed by atoms with Crippen molar-refractivity contribution in [1.29, 1.82) is 0 Å². The quantitative estimate of drug-likeness (QED) is 0.244. The predicted octanol–water partition coefficient (Wildman–Crippen LogP) is 2.91. The molecule has 0 amide bonds. The van der Waals surface area contributed by atoms with Gasteiger partial charge in [0.2, 0.25) is 0 Å². The molecule has 2 aromatic carbocycles. The molecule has 1 fully saturated rings. The van der Waals surface area contributed by atoms with E-state index in [1.165, 1.54) is 10.3 Å². The Bertz CT molecular complexity index is 1000. The summed E-state index contributed by atoms with van der Waals surface area (Å²) in [6, 6.07) is 14.8. The Morgan fingerprint density at radius 1 is 1.13 bits per heavy atom. The SMILES string of the molecule is CC(C)Cc1ccc(/C(N)=N/NN)c(N2CCN(c3nc4ccccc4s3)CC2)c1. The Kier molecular flexibility index (Phi) is 6.06. The third-order valence-corrected chi connectivity index (χ3v) is 6.44. The van der Waals surface area contributed by atoms with Crippen LogP contribution >= 0.6 is 11.3 Å². The first kappa shape index (κ1) is 20.4. The standard InChI is InChI=1S/C22H29N7S/c1-15(2)13-16-7-8-17(21(23)26-27-24)19(14-16)28-9-11-29(12-10-28)22-25-18-5-3-4-6-20(18)30-22/h3-8,14-15,27H,9-13,24H2,1-2H3,(H2,23,26). The summed E-state index contributed by atoms with van der Waals surface area (Å²) in [7, 11) is 0. The number of hydrazone groups is 1. The third-order valence-electron chi connectivity index (χ3n) is 5.34. The first-order valence-electron chi connectivity index (χ1n) is 10.3. The summed E-state index contributed by atoms with van der Waals surface area (Å²) in [4.78, 5) is 9.58. The second-order valence-electron chi connectivity index (χ2n) is 8.01. The highest BCUT2D eigenvalue weighted by Crippen LogP contribution is 2.31. The Morgan fingerprint density at radius 3 is 2.57 bits per heavy atom. The largest absolute Gasteiger partial charge is 0.382 e. The van der Waals surface area contributed by atoms with Crippen LogP contribution in [-0.2, 0) is 6.42 Å². The van der Waals surface area contributed by atoms with E-state index in [4.69, 9.17) is 16.6 Å². The summed E-state index contributed by atoms with van der Waals surface area (Å²) >= 11 is 1.76. The smallest absolute Gasteiger partial charge is 0.186 e. The average molecular weight is 424 g/mol. The van der Waals surface area contributed by atoms with Crippen molar-refractivity contribution < 1.29 is 0 Å². The van der Waals surface area contributed by atoms with Crippen LogP contribution in [0.5, 0.6) is 0 Å². The van der Waals surface area contributed by atoms with E-state index in [1.54, 1.807) is 11.3 Å². The molecule has 1 aromatic heterocycles. The van der Waals surface area contributed by atoms with Gasteiger partial charge < -0.3 is 15.5 Å². The van der Waals surface area contributed by atoms with Crippen molar-refractivity contribution in [1.82, 2.24) is 10.5 Å². The van der Waals surface area contributed by atoms with Crippen LogP contribution in [0.15, 0.2) is 47.6 Å². The molecule has 1 aliphatic rings. The zero-order valence-corrected chi connectivity index (χ0v) is 18.3. The molecule has 7 nitrogen and oxygen atoms in total. The lowest BCUT2D eigenvalue weighted by molar-refractivity contribution is 0.641. The molecule has 0 bridgehead atoms. The van der Waals surface area contributed by atoms with E-state index in [9.17, 15) is 0 Å². The Morgan fingerprint density at radius 2 is 1.87 bits per heavy atom. The summed E-state index contributed by atoms with van der Waals surface area (Å²) in [5.41, 5.74) is 12.9. The Labute approximate surface area is 181 Å². The fourth-order valence-corrected chi connectivity index (χ4v) is 4.93. The highest BCUT2D eigenvalue weighted by Gasteiger charge is 2.23. The normalized spacial score (nSPS) is 15.3. The number of hydrazine groups is 1. The van der Waals surface area contributed by atoms with Gasteiger partial charge in [-0.05, 0) is 42.2 Å². The molecule has 0 aliphatic carbocycles. The summed E-state index contributed by atoms with van der Waals surface area (Å²) in [6.07, 6.45) is 1.03. The van der Waals surface area contributed by atoms with Crippen LogP contribution in [0.4, 0.5) is 10.8 Å². The van der Waals surface area contributed by atoms with Crippen molar-refractivity contribution >= 4 is 38.2 Å². The van der Waals surface area contributed by atoms with Crippen molar-refractivity contribution in [3.05, 3.63) is 53.6 Å². The third kappa shape index (κ3) is 4.34. The summed E-state index contributed by atoms with van der Waals surface area (Å²) < 4.78 is 1.23. The van der Waals surface area contributed by atoms with Gasteiger partial charge in [0.15, 0.2) is 11.0 Å². The molecule has 158 valence electrons. The summed E-state index contributed by atoms with van der Waals surface area (Å²) in [5.74, 6) is 6.36. The van der Waals surface area contributed by atoms with Gasteiger partial charge in [0, 0.05) is 37.4 Å². The number of nitrogens with one attached hydrogen (secondary N) is 1. The molecule has 5 N–H and O–H groups in total. The minimum Gasteiger partial charge on any atom is -0.382 e. The first-order chi connectivity index (χ1) is 14.5. The number of hydrogen-bond donors (Lipinski definition) is 3. The van der Waals surface area contributed by atoms with Crippen LogP contribution in [0.25, 0.3) is 10.2 Å². The number of amidine groups is 1. The van der Waals surface area contributed by atoms with Crippen LogP contribution in [0.2, 0.25) is 0 Å². The topological polar surface area (TPSA) is 95.8 Å². The molecule has 4 rings (SSSR count). The van der Waals surface area contributed by atoms with Gasteiger partial charge in [-0.25, -0.2) is 16.4 Å². The van der Waals surface area contributed by atoms with Gasteiger partial charge in [-0.2, -0.15) is 0 Å². The van der Waals surface area contributed by atoms with Crippen LogP contribution in [0, 0.1) is 5.92 Å². The second kappa shape index (κ2) is 8.89. The lowest BCUT2D eigenvalue weighted by atomic mass is 9.99. The Hall–Kier alpha value is -2.84. The molecule has 0 saturated carbocycles. The lowest BCUT2D eigenvalue weighted by Gasteiger charge is -2.37. The van der Waals surface area contributed by atoms with E-state index < -0.39 is 0 Å². The number of piperazine rings is 1. The van der Waals surface area contributed by atoms with Gasteiger partial charge >= 0.3 is 0 Å². The number of nitrogens with two attached hydrogens (primary N) is 2. The average Bonchev–Trinajstić information content (AvgIpc) is 3.18. The number of nitrogens with zero attached hydrogens (tertiary/aromatic N) is 4. The molecular weight excluding hydrogens is 394 g/mol. The van der Waals surface area contributed by atoms with Gasteiger partial charge in [0.05, 0.1) is 10.2 Å². The molecule has 1 saturated heterocycles. The molecule has 0 spiro atoms. The van der Waals surface area contributed by atoms with Gasteiger partial charge in [0.25, 0.3) is 0 Å². The number of benzene rings is 2. The van der Waals surface area contributed by atoms with Crippen molar-refractivity contribution in [2.24, 2.45) is 22.6 Å². The molecular formula is C22H29N7S. The van der Waals surface area contributed by atoms with E-state index in [2.05, 4.69) is 70.7 Å². The minimum atomic E-state index is 0.400. The maximum absolute atomic E-state index is 6.19. The molecule has 30 heavy (non-hydrogen) atoms. The number of fused-ring (bicyclic) bond motifs is 1. The fraction of sp³-hybridized carbons (Fsp3) is 0.364. The molecule has 0 unspecified atom stereocenters. The summed E-state index contributed by atoms with van der Waals surface area (Å²) in [6.45, 7) is 8.10. The van der Waals surface area contributed by atoms with Crippen molar-refractivity contribution in [3.8, 4) is 0 Å². The van der Waals surface area contributed by atoms with Crippen LogP contribution in [-0.4, -0.2) is 37.0 Å². The van der Waals surface area contributed by atoms with E-state index in [1.807, 2.05) is 6.07 Å². The number of anilines is 2. The molecule has 1 aliphatic heterocycles. The highest BCUT2D eigenvalue weighted by molar-refractivity contribution is 7.22. The number of rotatable bonds is 6. The van der Waals surface area contributed by atoms with Gasteiger partial charge in [-0.15, -0.1) is 5.10 Å². The molecule has 3 aromatic rings. The summed E-state index contributed by atoms with van der Waals surface area (Å²) in [5, 5.41) is 5.10. The number of aromatic nitrogens is 1. The molecule has 2 heterocycles. The predicted molar refractivity (Wildman–Crippen MR) is 127 cm³/mol. The zero-order valence-electron chi connectivity index (χ0n) is 17.5. The first-order valence-corrected chi connectivity index (χ1v) is 11.1. The van der Waals surface area contributed by atoms with Gasteiger partial charge in [-0.1, -0.05) is 43.4 Å². The maximum atomic E-state index is 6.19. The van der Waals surface area contributed by atoms with E-state index in [-0.39, 0.29) is 0 Å². The minimum absolute atomic E-state index is 0.400. The Balaban J connectivity index is 1.55. The van der Waals surface area contributed by atoms with Crippen LogP contribution in [0.3, 0.4) is 0 Å². The van der Waals surface area contributed by atoms with E-state index in [0.29, 0.717) is 11.8 Å². The molecule has 0 radical (unpaired) electrons. The van der Waals surface area contributed by atoms with E-state index in [0.717, 1.165) is 54.5 Å². The number of hydrogen-bond acceptors (Lipinski definition) is 7. The molecule has 0 atom stereocenters.